The highest BCUT2D eigenvalue weighted by Crippen LogP contribution is 2.20. The van der Waals surface area contributed by atoms with Crippen LogP contribution in [0, 0.1) is 0 Å². The third kappa shape index (κ3) is 4.53. The number of carbonyl (C=O) groups excluding carboxylic acids is 4. The van der Waals surface area contributed by atoms with E-state index < -0.39 is 23.8 Å². The van der Waals surface area contributed by atoms with Crippen LogP contribution >= 0.6 is 0 Å². The third-order valence-electron chi connectivity index (χ3n) is 3.50. The van der Waals surface area contributed by atoms with Crippen LogP contribution in [0.5, 0.6) is 0 Å². The largest absolute Gasteiger partial charge is 0.398 e. The molecule has 1 rings (SSSR count). The minimum absolute atomic E-state index is 0.00328. The fourth-order valence-corrected chi connectivity index (χ4v) is 2.08. The minimum Gasteiger partial charge on any atom is -0.398 e. The molecule has 0 fully saturated rings. The second-order valence-corrected chi connectivity index (χ2v) is 5.13. The van der Waals surface area contributed by atoms with Gasteiger partial charge in [0.25, 0.3) is 11.8 Å². The standard InChI is InChI=1S/C15H21N5O4/c1-9(6-7-12(22)19-8-21)20(17)15(24)13-10(14(23)18-2)4-3-5-11(13)16/h3-5,8-9H,6-7,16-17H2,1-2H3,(H,18,23)(H,19,21,22). The lowest BCUT2D eigenvalue weighted by Gasteiger charge is -2.25. The molecule has 0 heterocycles. The number of amides is 4. The van der Waals surface area contributed by atoms with Gasteiger partial charge in [-0.2, -0.15) is 0 Å². The molecule has 4 amide bonds. The Bertz CT molecular complexity index is 647. The fourth-order valence-electron chi connectivity index (χ4n) is 2.08. The Morgan fingerprint density at radius 2 is 2.00 bits per heavy atom. The van der Waals surface area contributed by atoms with Crippen molar-refractivity contribution >= 4 is 29.8 Å². The van der Waals surface area contributed by atoms with Crippen molar-refractivity contribution in [2.45, 2.75) is 25.8 Å². The first kappa shape index (κ1) is 19.1. The van der Waals surface area contributed by atoms with Crippen molar-refractivity contribution in [1.29, 1.82) is 0 Å². The summed E-state index contributed by atoms with van der Waals surface area (Å²) in [5.41, 5.74) is 6.07. The number of nitrogens with two attached hydrogens (primary N) is 2. The molecule has 130 valence electrons. The molecule has 0 saturated carbocycles. The van der Waals surface area contributed by atoms with Gasteiger partial charge in [0.05, 0.1) is 11.1 Å². The lowest BCUT2D eigenvalue weighted by molar-refractivity contribution is -0.125. The van der Waals surface area contributed by atoms with Gasteiger partial charge in [0.2, 0.25) is 12.3 Å². The first-order valence-corrected chi connectivity index (χ1v) is 7.25. The van der Waals surface area contributed by atoms with Crippen LogP contribution in [0.2, 0.25) is 0 Å². The summed E-state index contributed by atoms with van der Waals surface area (Å²) in [6.07, 6.45) is 0.552. The molecule has 9 nitrogen and oxygen atoms in total. The van der Waals surface area contributed by atoms with E-state index in [2.05, 4.69) is 5.32 Å². The summed E-state index contributed by atoms with van der Waals surface area (Å²) in [6.45, 7) is 1.64. The van der Waals surface area contributed by atoms with Crippen LogP contribution in [0.3, 0.4) is 0 Å². The molecule has 0 aliphatic carbocycles. The second kappa shape index (κ2) is 8.63. The predicted molar refractivity (Wildman–Crippen MR) is 87.5 cm³/mol. The SMILES string of the molecule is CNC(=O)c1cccc(N)c1C(=O)N(N)C(C)CCC(=O)NC=O. The van der Waals surface area contributed by atoms with E-state index in [9.17, 15) is 19.2 Å². The van der Waals surface area contributed by atoms with E-state index in [1.54, 1.807) is 13.0 Å². The molecule has 6 N–H and O–H groups in total. The van der Waals surface area contributed by atoms with E-state index in [1.165, 1.54) is 19.2 Å². The normalized spacial score (nSPS) is 11.3. The second-order valence-electron chi connectivity index (χ2n) is 5.13. The summed E-state index contributed by atoms with van der Waals surface area (Å²) in [7, 11) is 1.44. The number of anilines is 1. The van der Waals surface area contributed by atoms with Gasteiger partial charge in [0.1, 0.15) is 0 Å². The highest BCUT2D eigenvalue weighted by atomic mass is 16.2. The molecule has 9 heteroatoms. The van der Waals surface area contributed by atoms with Gasteiger partial charge in [0, 0.05) is 25.2 Å². The van der Waals surface area contributed by atoms with Crippen LogP contribution in [0.25, 0.3) is 0 Å². The highest BCUT2D eigenvalue weighted by molar-refractivity contribution is 6.10. The van der Waals surface area contributed by atoms with Crippen LogP contribution in [0.4, 0.5) is 5.69 Å². The van der Waals surface area contributed by atoms with Gasteiger partial charge in [0.15, 0.2) is 0 Å². The van der Waals surface area contributed by atoms with Crippen molar-refractivity contribution < 1.29 is 19.2 Å². The van der Waals surface area contributed by atoms with Crippen molar-refractivity contribution in [3.05, 3.63) is 29.3 Å². The summed E-state index contributed by atoms with van der Waals surface area (Å²) in [5, 5.41) is 5.36. The zero-order valence-electron chi connectivity index (χ0n) is 13.5. The molecule has 0 radical (unpaired) electrons. The third-order valence-corrected chi connectivity index (χ3v) is 3.50. The van der Waals surface area contributed by atoms with Crippen molar-refractivity contribution in [1.82, 2.24) is 15.6 Å². The summed E-state index contributed by atoms with van der Waals surface area (Å²) >= 11 is 0. The van der Waals surface area contributed by atoms with Crippen LogP contribution in [-0.2, 0) is 9.59 Å². The molecular weight excluding hydrogens is 314 g/mol. The number of hydrogen-bond acceptors (Lipinski definition) is 6. The summed E-state index contributed by atoms with van der Waals surface area (Å²) < 4.78 is 0. The molecule has 0 bridgehead atoms. The Labute approximate surface area is 139 Å². The predicted octanol–water partition coefficient (Wildman–Crippen LogP) is -0.614. The summed E-state index contributed by atoms with van der Waals surface area (Å²) in [4.78, 5) is 46.0. The molecule has 0 aliphatic rings. The van der Waals surface area contributed by atoms with Gasteiger partial charge < -0.3 is 11.1 Å². The van der Waals surface area contributed by atoms with Gasteiger partial charge in [-0.3, -0.25) is 29.5 Å². The van der Waals surface area contributed by atoms with E-state index in [1.807, 2.05) is 5.32 Å². The van der Waals surface area contributed by atoms with Gasteiger partial charge in [-0.05, 0) is 25.5 Å². The van der Waals surface area contributed by atoms with Crippen molar-refractivity contribution in [3.8, 4) is 0 Å². The minimum atomic E-state index is -0.630. The van der Waals surface area contributed by atoms with Crippen LogP contribution in [-0.4, -0.2) is 42.2 Å². The Morgan fingerprint density at radius 3 is 2.58 bits per heavy atom. The molecule has 1 atom stereocenters. The molecule has 1 aromatic rings. The van der Waals surface area contributed by atoms with Crippen LogP contribution in [0.1, 0.15) is 40.5 Å². The van der Waals surface area contributed by atoms with Gasteiger partial charge in [-0.1, -0.05) is 6.07 Å². The number of nitrogens with zero attached hydrogens (tertiary/aromatic N) is 1. The molecule has 1 unspecified atom stereocenters. The molecule has 24 heavy (non-hydrogen) atoms. The topological polar surface area (TPSA) is 148 Å². The van der Waals surface area contributed by atoms with E-state index in [4.69, 9.17) is 11.6 Å². The highest BCUT2D eigenvalue weighted by Gasteiger charge is 2.25. The molecule has 0 aliphatic heterocycles. The van der Waals surface area contributed by atoms with E-state index in [0.29, 0.717) is 6.41 Å². The lowest BCUT2D eigenvalue weighted by atomic mass is 10.0. The zero-order chi connectivity index (χ0) is 18.3. The van der Waals surface area contributed by atoms with E-state index in [0.717, 1.165) is 5.01 Å². The quantitative estimate of drug-likeness (QED) is 0.172. The van der Waals surface area contributed by atoms with Crippen molar-refractivity contribution in [2.24, 2.45) is 5.84 Å². The average molecular weight is 335 g/mol. The molecular formula is C15H21N5O4. The smallest absolute Gasteiger partial charge is 0.270 e. The Morgan fingerprint density at radius 1 is 1.33 bits per heavy atom. The van der Waals surface area contributed by atoms with E-state index >= 15 is 0 Å². The first-order valence-electron chi connectivity index (χ1n) is 7.25. The summed E-state index contributed by atoms with van der Waals surface area (Å²) in [5.74, 6) is 4.27. The Kier molecular flexibility index (Phi) is 6.87. The zero-order valence-corrected chi connectivity index (χ0v) is 13.5. The maximum absolute atomic E-state index is 12.6. The Hall–Kier alpha value is -2.94. The average Bonchev–Trinajstić information content (AvgIpc) is 2.57. The van der Waals surface area contributed by atoms with Crippen molar-refractivity contribution in [3.63, 3.8) is 0 Å². The maximum atomic E-state index is 12.6. The fraction of sp³-hybridized carbons (Fsp3) is 0.333. The molecule has 0 saturated heterocycles. The number of benzene rings is 1. The number of hydrazine groups is 1. The number of hydrogen-bond donors (Lipinski definition) is 4. The van der Waals surface area contributed by atoms with Crippen LogP contribution in [0.15, 0.2) is 18.2 Å². The number of nitrogens with one attached hydrogen (secondary N) is 2. The van der Waals surface area contributed by atoms with Crippen LogP contribution < -0.4 is 22.2 Å². The van der Waals surface area contributed by atoms with Gasteiger partial charge in [-0.25, -0.2) is 5.84 Å². The number of nitrogen functional groups attached to an aromatic ring is 1. The van der Waals surface area contributed by atoms with E-state index in [-0.39, 0.29) is 29.7 Å². The maximum Gasteiger partial charge on any atom is 0.270 e. The summed E-state index contributed by atoms with van der Waals surface area (Å²) in [6, 6.07) is 4.02. The van der Waals surface area contributed by atoms with Gasteiger partial charge >= 0.3 is 0 Å². The molecule has 0 spiro atoms. The van der Waals surface area contributed by atoms with Gasteiger partial charge in [-0.15, -0.1) is 0 Å². The number of imide groups is 1. The molecule has 1 aromatic carbocycles. The number of rotatable bonds is 7. The number of carbonyl (C=O) groups is 4. The Balaban J connectivity index is 2.95. The lowest BCUT2D eigenvalue weighted by Crippen LogP contribution is -2.45. The monoisotopic (exact) mass is 335 g/mol. The van der Waals surface area contributed by atoms with Crippen molar-refractivity contribution in [2.75, 3.05) is 12.8 Å². The first-order chi connectivity index (χ1) is 11.3. The molecule has 0 aromatic heterocycles.